The Morgan fingerprint density at radius 3 is 1.45 bits per heavy atom. The summed E-state index contributed by atoms with van der Waals surface area (Å²) in [6.45, 7) is 7.25. The molecule has 3 aliphatic rings. The predicted molar refractivity (Wildman–Crippen MR) is 175 cm³/mol. The highest BCUT2D eigenvalue weighted by atomic mass is 28.3. The molecule has 7 rings (SSSR count). The average molecular weight is 537 g/mol. The lowest BCUT2D eigenvalue weighted by atomic mass is 9.94. The van der Waals surface area contributed by atoms with Crippen molar-refractivity contribution < 1.29 is 0 Å². The zero-order valence-corrected chi connectivity index (χ0v) is 25.3. The second-order valence-electron chi connectivity index (χ2n) is 12.6. The van der Waals surface area contributed by atoms with Crippen LogP contribution in [0.3, 0.4) is 0 Å². The van der Waals surface area contributed by atoms with E-state index in [-0.39, 0.29) is 0 Å². The molecule has 0 atom stereocenters. The fourth-order valence-corrected chi connectivity index (χ4v) is 13.1. The van der Waals surface area contributed by atoms with Gasteiger partial charge in [-0.1, -0.05) is 146 Å². The molecule has 40 heavy (non-hydrogen) atoms. The monoisotopic (exact) mass is 536 g/mol. The van der Waals surface area contributed by atoms with Gasteiger partial charge in [0, 0.05) is 0 Å². The van der Waals surface area contributed by atoms with Crippen LogP contribution in [0.15, 0.2) is 95.3 Å². The van der Waals surface area contributed by atoms with E-state index in [1.54, 1.807) is 10.4 Å². The van der Waals surface area contributed by atoms with E-state index in [0.717, 1.165) is 18.4 Å². The molecule has 0 N–H and O–H groups in total. The molecule has 200 valence electrons. The van der Waals surface area contributed by atoms with E-state index in [1.165, 1.54) is 87.7 Å². The number of benzene rings is 4. The van der Waals surface area contributed by atoms with E-state index in [2.05, 4.69) is 117 Å². The Morgan fingerprint density at radius 2 is 0.975 bits per heavy atom. The van der Waals surface area contributed by atoms with Gasteiger partial charge >= 0.3 is 0 Å². The highest BCUT2D eigenvalue weighted by Gasteiger charge is 2.46. The molecule has 0 nitrogen and oxygen atoms in total. The second-order valence-corrected chi connectivity index (χ2v) is 17.1. The van der Waals surface area contributed by atoms with Gasteiger partial charge in [-0.15, -0.1) is 0 Å². The van der Waals surface area contributed by atoms with Gasteiger partial charge in [0.15, 0.2) is 0 Å². The maximum Gasteiger partial charge on any atom is 0.109 e. The van der Waals surface area contributed by atoms with Crippen LogP contribution >= 0.6 is 0 Å². The molecule has 0 radical (unpaired) electrons. The summed E-state index contributed by atoms with van der Waals surface area (Å²) >= 11 is 0. The minimum Gasteiger partial charge on any atom is -0.0709 e. The van der Waals surface area contributed by atoms with Crippen LogP contribution < -0.4 is 0 Å². The van der Waals surface area contributed by atoms with E-state index < -0.39 is 8.07 Å². The molecule has 0 unspecified atom stereocenters. The Kier molecular flexibility index (Phi) is 6.51. The third-order valence-corrected chi connectivity index (χ3v) is 15.9. The van der Waals surface area contributed by atoms with Crippen LogP contribution in [0.5, 0.6) is 0 Å². The van der Waals surface area contributed by atoms with Gasteiger partial charge in [-0.3, -0.25) is 0 Å². The summed E-state index contributed by atoms with van der Waals surface area (Å²) in [5.41, 5.74) is 15.2. The topological polar surface area (TPSA) is 0 Å². The molecular weight excluding hydrogens is 497 g/mol. The minimum absolute atomic E-state index is 0.839. The van der Waals surface area contributed by atoms with Crippen LogP contribution in [0.1, 0.15) is 65.5 Å². The molecule has 0 aliphatic heterocycles. The first-order valence-corrected chi connectivity index (χ1v) is 17.9. The molecule has 0 heterocycles. The van der Waals surface area contributed by atoms with Crippen molar-refractivity contribution in [1.29, 1.82) is 0 Å². The second kappa shape index (κ2) is 10.2. The molecule has 4 aromatic rings. The zero-order chi connectivity index (χ0) is 27.3. The van der Waals surface area contributed by atoms with E-state index >= 15 is 0 Å². The molecule has 1 saturated carbocycles. The first kappa shape index (κ1) is 25.5. The summed E-state index contributed by atoms with van der Waals surface area (Å²) < 4.78 is 0. The summed E-state index contributed by atoms with van der Waals surface area (Å²) in [5.74, 6) is 0. The van der Waals surface area contributed by atoms with E-state index in [0.29, 0.717) is 0 Å². The molecule has 0 spiro atoms. The number of allylic oxidation sites excluding steroid dienone is 2. The van der Waals surface area contributed by atoms with Gasteiger partial charge in [-0.25, -0.2) is 0 Å². The zero-order valence-electron chi connectivity index (χ0n) is 24.3. The van der Waals surface area contributed by atoms with Gasteiger partial charge in [0.2, 0.25) is 0 Å². The number of aryl methyl sites for hydroxylation is 2. The lowest BCUT2D eigenvalue weighted by Crippen LogP contribution is -2.43. The Labute approximate surface area is 241 Å². The highest BCUT2D eigenvalue weighted by molar-refractivity contribution is 6.94. The summed E-state index contributed by atoms with van der Waals surface area (Å²) in [7, 11) is -1.93. The number of hydrogen-bond acceptors (Lipinski definition) is 0. The molecule has 0 saturated heterocycles. The van der Waals surface area contributed by atoms with Gasteiger partial charge in [0.1, 0.15) is 8.07 Å². The van der Waals surface area contributed by atoms with Gasteiger partial charge in [0.25, 0.3) is 0 Å². The molecule has 0 bridgehead atoms. The SMILES string of the molecule is Cc1ccccc1-c1cccc2c1C=C([Si](C)(C1=Cc3c(cccc3-c3ccccc3C)C1)C1CCCCC1)C2. The molecule has 1 fully saturated rings. The standard InChI is InChI=1S/C39H40Si/c1-27-13-7-9-19-34(27)36-21-11-15-29-23-32(25-38(29)36)40(3,31-17-5-4-6-18-31)33-24-30-16-12-22-37(39(30)26-33)35-20-10-8-14-28(35)2/h7-16,19-22,25-26,31H,4-6,17-18,23-24H2,1-3H3. The van der Waals surface area contributed by atoms with E-state index in [1.807, 2.05) is 0 Å². The van der Waals surface area contributed by atoms with Crippen LogP contribution in [-0.2, 0) is 12.8 Å². The molecule has 4 aromatic carbocycles. The van der Waals surface area contributed by atoms with Crippen LogP contribution in [0.4, 0.5) is 0 Å². The van der Waals surface area contributed by atoms with Crippen molar-refractivity contribution in [2.45, 2.75) is 70.9 Å². The molecule has 0 aromatic heterocycles. The first-order valence-electron chi connectivity index (χ1n) is 15.3. The van der Waals surface area contributed by atoms with Crippen molar-refractivity contribution in [1.82, 2.24) is 0 Å². The molecule has 3 aliphatic carbocycles. The highest BCUT2D eigenvalue weighted by Crippen LogP contribution is 2.51. The van der Waals surface area contributed by atoms with E-state index in [4.69, 9.17) is 0 Å². The van der Waals surface area contributed by atoms with Crippen molar-refractivity contribution in [2.24, 2.45) is 0 Å². The average Bonchev–Trinajstić information content (AvgIpc) is 3.63. The van der Waals surface area contributed by atoms with Gasteiger partial charge in [0.05, 0.1) is 0 Å². The fourth-order valence-electron chi connectivity index (χ4n) is 8.03. The number of hydrogen-bond donors (Lipinski definition) is 0. The lowest BCUT2D eigenvalue weighted by Gasteiger charge is -2.41. The van der Waals surface area contributed by atoms with Crippen LogP contribution in [0.2, 0.25) is 12.1 Å². The van der Waals surface area contributed by atoms with Crippen molar-refractivity contribution in [3.05, 3.63) is 129 Å². The van der Waals surface area contributed by atoms with Crippen LogP contribution in [0, 0.1) is 13.8 Å². The maximum atomic E-state index is 2.75. The van der Waals surface area contributed by atoms with Gasteiger partial charge in [-0.2, -0.15) is 0 Å². The summed E-state index contributed by atoms with van der Waals surface area (Å²) in [6.07, 6.45) is 14.6. The normalized spacial score (nSPS) is 16.9. The summed E-state index contributed by atoms with van der Waals surface area (Å²) in [6, 6.07) is 31.9. The summed E-state index contributed by atoms with van der Waals surface area (Å²) in [4.78, 5) is 0. The Balaban J connectivity index is 1.35. The van der Waals surface area contributed by atoms with Crippen LogP contribution in [-0.4, -0.2) is 8.07 Å². The first-order chi connectivity index (χ1) is 19.5. The van der Waals surface area contributed by atoms with Crippen LogP contribution in [0.25, 0.3) is 34.4 Å². The number of rotatable bonds is 5. The Bertz CT molecular complexity index is 1550. The fraction of sp³-hybridized carbons (Fsp3) is 0.282. The predicted octanol–water partition coefficient (Wildman–Crippen LogP) is 10.7. The Hall–Kier alpha value is -3.42. The van der Waals surface area contributed by atoms with Crippen molar-refractivity contribution in [2.75, 3.05) is 0 Å². The Morgan fingerprint density at radius 1 is 0.525 bits per heavy atom. The van der Waals surface area contributed by atoms with Crippen molar-refractivity contribution in [3.63, 3.8) is 0 Å². The van der Waals surface area contributed by atoms with Gasteiger partial charge < -0.3 is 0 Å². The third kappa shape index (κ3) is 4.18. The number of fused-ring (bicyclic) bond motifs is 2. The minimum atomic E-state index is -1.93. The quantitative estimate of drug-likeness (QED) is 0.223. The van der Waals surface area contributed by atoms with E-state index in [9.17, 15) is 0 Å². The van der Waals surface area contributed by atoms with Crippen molar-refractivity contribution >= 4 is 20.2 Å². The largest absolute Gasteiger partial charge is 0.109 e. The van der Waals surface area contributed by atoms with Gasteiger partial charge in [-0.05, 0) is 87.9 Å². The summed E-state index contributed by atoms with van der Waals surface area (Å²) in [5, 5.41) is 3.54. The maximum absolute atomic E-state index is 2.75. The smallest absolute Gasteiger partial charge is 0.0709 e. The van der Waals surface area contributed by atoms with Crippen molar-refractivity contribution in [3.8, 4) is 22.3 Å². The third-order valence-electron chi connectivity index (χ3n) is 10.4. The molecule has 1 heteroatoms. The lowest BCUT2D eigenvalue weighted by molar-refractivity contribution is 0.493. The molecular formula is C39H40Si. The molecule has 0 amide bonds.